The van der Waals surface area contributed by atoms with Gasteiger partial charge in [-0.05, 0) is 23.3 Å². The van der Waals surface area contributed by atoms with Crippen LogP contribution in [0.15, 0.2) is 77.6 Å². The summed E-state index contributed by atoms with van der Waals surface area (Å²) in [5.41, 5.74) is 4.02. The lowest BCUT2D eigenvalue weighted by Crippen LogP contribution is -2.28. The number of rotatable bonds is 3. The number of benzene rings is 3. The fourth-order valence-corrected chi connectivity index (χ4v) is 4.16. The van der Waals surface area contributed by atoms with E-state index in [0.717, 1.165) is 34.2 Å². The smallest absolute Gasteiger partial charge is 0.272 e. The number of nitrogens with zero attached hydrogens (tertiary/aromatic N) is 1. The number of carbonyl (C=O) groups is 1. The Hall–Kier alpha value is -3.73. The highest BCUT2D eigenvalue weighted by atomic mass is 16.1. The molecule has 2 unspecified atom stereocenters. The normalized spacial score (nSPS) is 17.9. The quantitative estimate of drug-likeness (QED) is 0.536. The molecule has 0 amide bonds. The van der Waals surface area contributed by atoms with Crippen molar-refractivity contribution in [2.45, 2.75) is 12.0 Å². The van der Waals surface area contributed by atoms with Gasteiger partial charge in [0.15, 0.2) is 0 Å². The fourth-order valence-electron chi connectivity index (χ4n) is 4.16. The Morgan fingerprint density at radius 3 is 2.50 bits per heavy atom. The third-order valence-electron chi connectivity index (χ3n) is 5.40. The van der Waals surface area contributed by atoms with Gasteiger partial charge in [-0.3, -0.25) is 9.59 Å². The Morgan fingerprint density at radius 2 is 1.68 bits per heavy atom. The van der Waals surface area contributed by atoms with Gasteiger partial charge in [-0.2, -0.15) is 5.10 Å². The largest absolute Gasteiger partial charge is 0.377 e. The molecule has 0 saturated carbocycles. The van der Waals surface area contributed by atoms with E-state index in [1.54, 1.807) is 6.07 Å². The molecule has 5 rings (SSSR count). The van der Waals surface area contributed by atoms with Gasteiger partial charge >= 0.3 is 0 Å². The number of carbonyl (C=O) groups excluding carboxylic acids is 1. The number of aromatic amines is 1. The zero-order chi connectivity index (χ0) is 19.1. The van der Waals surface area contributed by atoms with Crippen molar-refractivity contribution in [1.82, 2.24) is 10.2 Å². The lowest BCUT2D eigenvalue weighted by molar-refractivity contribution is 0.112. The van der Waals surface area contributed by atoms with Crippen LogP contribution in [-0.4, -0.2) is 16.5 Å². The van der Waals surface area contributed by atoms with E-state index in [1.807, 2.05) is 54.6 Å². The van der Waals surface area contributed by atoms with Gasteiger partial charge in [0.05, 0.1) is 23.0 Å². The maximum Gasteiger partial charge on any atom is 0.272 e. The summed E-state index contributed by atoms with van der Waals surface area (Å²) >= 11 is 0. The summed E-state index contributed by atoms with van der Waals surface area (Å²) in [7, 11) is 0. The molecular formula is C23H17N3O2. The topological polar surface area (TPSA) is 74.8 Å². The van der Waals surface area contributed by atoms with Gasteiger partial charge in [0, 0.05) is 16.6 Å². The predicted molar refractivity (Wildman–Crippen MR) is 109 cm³/mol. The van der Waals surface area contributed by atoms with Crippen molar-refractivity contribution in [3.63, 3.8) is 0 Å². The van der Waals surface area contributed by atoms with Crippen molar-refractivity contribution in [3.05, 3.63) is 106 Å². The molecule has 28 heavy (non-hydrogen) atoms. The van der Waals surface area contributed by atoms with Crippen LogP contribution in [0, 0.1) is 0 Å². The van der Waals surface area contributed by atoms with E-state index in [2.05, 4.69) is 27.6 Å². The van der Waals surface area contributed by atoms with Gasteiger partial charge in [0.1, 0.15) is 6.29 Å². The molecule has 2 atom stereocenters. The summed E-state index contributed by atoms with van der Waals surface area (Å²) in [6.07, 6.45) is 0.876. The Balaban J connectivity index is 1.85. The molecule has 0 bridgehead atoms. The molecule has 136 valence electrons. The van der Waals surface area contributed by atoms with Crippen molar-refractivity contribution in [2.24, 2.45) is 0 Å². The minimum atomic E-state index is -0.224. The summed E-state index contributed by atoms with van der Waals surface area (Å²) in [4.78, 5) is 24.1. The van der Waals surface area contributed by atoms with E-state index >= 15 is 0 Å². The number of anilines is 1. The molecule has 0 spiro atoms. The van der Waals surface area contributed by atoms with E-state index in [9.17, 15) is 9.59 Å². The van der Waals surface area contributed by atoms with E-state index in [-0.39, 0.29) is 17.5 Å². The fraction of sp³-hybridized carbons (Fsp3) is 0.0870. The van der Waals surface area contributed by atoms with Gasteiger partial charge < -0.3 is 5.32 Å². The minimum absolute atomic E-state index is 0.126. The molecule has 1 aliphatic rings. The molecule has 3 aromatic carbocycles. The number of aldehydes is 1. The highest BCUT2D eigenvalue weighted by Crippen LogP contribution is 2.46. The second-order valence-electron chi connectivity index (χ2n) is 6.92. The van der Waals surface area contributed by atoms with Crippen molar-refractivity contribution in [2.75, 3.05) is 5.32 Å². The average molecular weight is 367 g/mol. The maximum atomic E-state index is 12.3. The Bertz CT molecular complexity index is 1250. The van der Waals surface area contributed by atoms with E-state index < -0.39 is 0 Å². The summed E-state index contributed by atoms with van der Waals surface area (Å²) in [6.45, 7) is 0. The monoisotopic (exact) mass is 367 g/mol. The van der Waals surface area contributed by atoms with Crippen molar-refractivity contribution >= 4 is 22.7 Å². The van der Waals surface area contributed by atoms with Gasteiger partial charge in [0.2, 0.25) is 0 Å². The summed E-state index contributed by atoms with van der Waals surface area (Å²) in [5.74, 6) is -0.224. The average Bonchev–Trinajstić information content (AvgIpc) is 2.76. The highest BCUT2D eigenvalue weighted by molar-refractivity contribution is 5.97. The number of hydrogen-bond donors (Lipinski definition) is 2. The van der Waals surface area contributed by atoms with Crippen molar-refractivity contribution in [1.29, 1.82) is 0 Å². The third-order valence-corrected chi connectivity index (χ3v) is 5.40. The molecule has 1 aromatic heterocycles. The number of H-pyrrole nitrogens is 1. The van der Waals surface area contributed by atoms with Crippen LogP contribution in [0.1, 0.15) is 39.1 Å². The van der Waals surface area contributed by atoms with Gasteiger partial charge in [0.25, 0.3) is 5.56 Å². The molecule has 0 fully saturated rings. The number of hydrogen-bond acceptors (Lipinski definition) is 4. The van der Waals surface area contributed by atoms with Crippen LogP contribution < -0.4 is 10.9 Å². The SMILES string of the molecule is O=Cc1ccccc1C1c2n[nH]c(=O)c3cccc(c23)NC1c1ccccc1. The lowest BCUT2D eigenvalue weighted by Gasteiger charge is -2.35. The first-order valence-corrected chi connectivity index (χ1v) is 9.15. The second-order valence-corrected chi connectivity index (χ2v) is 6.92. The van der Waals surface area contributed by atoms with Gasteiger partial charge in [-0.15, -0.1) is 0 Å². The molecule has 0 saturated heterocycles. The first kappa shape index (κ1) is 16.4. The second kappa shape index (κ2) is 6.46. The molecular weight excluding hydrogens is 350 g/mol. The molecule has 4 aromatic rings. The molecule has 1 aliphatic heterocycles. The standard InChI is InChI=1S/C23H17N3O2/c27-13-15-9-4-5-10-16(15)20-21(14-7-2-1-3-8-14)24-18-12-6-11-17-19(18)22(20)25-26-23(17)28/h1-13,20-21,24H,(H,26,28). The summed E-state index contributed by atoms with van der Waals surface area (Å²) in [5, 5.41) is 12.1. The van der Waals surface area contributed by atoms with Crippen LogP contribution in [0.5, 0.6) is 0 Å². The number of aromatic nitrogens is 2. The summed E-state index contributed by atoms with van der Waals surface area (Å²) < 4.78 is 0. The highest BCUT2D eigenvalue weighted by Gasteiger charge is 2.35. The molecule has 2 heterocycles. The van der Waals surface area contributed by atoms with Crippen LogP contribution in [0.25, 0.3) is 10.8 Å². The molecule has 2 N–H and O–H groups in total. The van der Waals surface area contributed by atoms with Crippen LogP contribution in [-0.2, 0) is 0 Å². The van der Waals surface area contributed by atoms with E-state index in [1.165, 1.54) is 0 Å². The molecule has 5 heteroatoms. The summed E-state index contributed by atoms with van der Waals surface area (Å²) in [6, 6.07) is 23.1. The minimum Gasteiger partial charge on any atom is -0.377 e. The Labute approximate surface area is 161 Å². The van der Waals surface area contributed by atoms with Crippen LogP contribution in [0.2, 0.25) is 0 Å². The maximum absolute atomic E-state index is 12.3. The van der Waals surface area contributed by atoms with Gasteiger partial charge in [-0.25, -0.2) is 5.10 Å². The predicted octanol–water partition coefficient (Wildman–Crippen LogP) is 4.03. The first-order valence-electron chi connectivity index (χ1n) is 9.15. The van der Waals surface area contributed by atoms with Crippen LogP contribution in [0.4, 0.5) is 5.69 Å². The Kier molecular flexibility index (Phi) is 3.79. The molecule has 0 radical (unpaired) electrons. The number of nitrogens with one attached hydrogen (secondary N) is 2. The first-order chi connectivity index (χ1) is 13.8. The van der Waals surface area contributed by atoms with Crippen molar-refractivity contribution < 1.29 is 4.79 Å². The lowest BCUT2D eigenvalue weighted by atomic mass is 9.78. The molecule has 5 nitrogen and oxygen atoms in total. The Morgan fingerprint density at radius 1 is 0.893 bits per heavy atom. The van der Waals surface area contributed by atoms with Crippen LogP contribution in [0.3, 0.4) is 0 Å². The van der Waals surface area contributed by atoms with E-state index in [4.69, 9.17) is 0 Å². The van der Waals surface area contributed by atoms with E-state index in [0.29, 0.717) is 10.9 Å². The zero-order valence-corrected chi connectivity index (χ0v) is 14.9. The van der Waals surface area contributed by atoms with Crippen LogP contribution >= 0.6 is 0 Å². The zero-order valence-electron chi connectivity index (χ0n) is 14.9. The van der Waals surface area contributed by atoms with Crippen molar-refractivity contribution in [3.8, 4) is 0 Å². The third kappa shape index (κ3) is 2.44. The molecule has 0 aliphatic carbocycles. The van der Waals surface area contributed by atoms with Gasteiger partial charge in [-0.1, -0.05) is 60.7 Å².